The maximum absolute atomic E-state index is 13.7. The van der Waals surface area contributed by atoms with Gasteiger partial charge in [-0.15, -0.1) is 0 Å². The SMILES string of the molecule is O=C(O)C[C@H]1CN(C(=O)Cc2c(F)cccc2Cl)CCO1. The first-order chi connectivity index (χ1) is 9.97. The van der Waals surface area contributed by atoms with Crippen LogP contribution in [0.25, 0.3) is 0 Å². The molecule has 1 aliphatic heterocycles. The Morgan fingerprint density at radius 3 is 2.90 bits per heavy atom. The highest BCUT2D eigenvalue weighted by Gasteiger charge is 2.26. The van der Waals surface area contributed by atoms with Crippen LogP contribution in [0.3, 0.4) is 0 Å². The second kappa shape index (κ2) is 6.87. The van der Waals surface area contributed by atoms with E-state index in [1.807, 2.05) is 0 Å². The number of hydrogen-bond donors (Lipinski definition) is 1. The number of carboxylic acids is 1. The zero-order chi connectivity index (χ0) is 15.4. The van der Waals surface area contributed by atoms with Crippen molar-refractivity contribution in [1.82, 2.24) is 4.90 Å². The summed E-state index contributed by atoms with van der Waals surface area (Å²) in [6.45, 7) is 0.826. The first-order valence-electron chi connectivity index (χ1n) is 6.51. The highest BCUT2D eigenvalue weighted by atomic mass is 35.5. The lowest BCUT2D eigenvalue weighted by molar-refractivity contribution is -0.147. The van der Waals surface area contributed by atoms with Gasteiger partial charge in [0.1, 0.15) is 5.82 Å². The van der Waals surface area contributed by atoms with E-state index in [2.05, 4.69) is 0 Å². The van der Waals surface area contributed by atoms with E-state index < -0.39 is 17.9 Å². The van der Waals surface area contributed by atoms with Crippen molar-refractivity contribution < 1.29 is 23.8 Å². The highest BCUT2D eigenvalue weighted by Crippen LogP contribution is 2.21. The minimum absolute atomic E-state index is 0.148. The van der Waals surface area contributed by atoms with Gasteiger partial charge in [-0.2, -0.15) is 0 Å². The van der Waals surface area contributed by atoms with E-state index in [0.29, 0.717) is 6.54 Å². The number of aliphatic carboxylic acids is 1. The number of rotatable bonds is 4. The molecule has 1 aromatic rings. The average molecular weight is 316 g/mol. The Balaban J connectivity index is 2.01. The molecule has 1 N–H and O–H groups in total. The summed E-state index contributed by atoms with van der Waals surface area (Å²) >= 11 is 5.90. The maximum Gasteiger partial charge on any atom is 0.306 e. The van der Waals surface area contributed by atoms with Crippen molar-refractivity contribution >= 4 is 23.5 Å². The van der Waals surface area contributed by atoms with Crippen LogP contribution in [0.4, 0.5) is 4.39 Å². The minimum atomic E-state index is -0.980. The average Bonchev–Trinajstić information content (AvgIpc) is 2.42. The van der Waals surface area contributed by atoms with Crippen LogP contribution in [-0.2, 0) is 20.7 Å². The molecule has 0 saturated carbocycles. The Labute approximate surface area is 126 Å². The van der Waals surface area contributed by atoms with Crippen molar-refractivity contribution in [1.29, 1.82) is 0 Å². The number of amides is 1. The van der Waals surface area contributed by atoms with Crippen LogP contribution >= 0.6 is 11.6 Å². The predicted octanol–water partition coefficient (Wildman–Crippen LogP) is 1.72. The number of nitrogens with zero attached hydrogens (tertiary/aromatic N) is 1. The molecular formula is C14H15ClFNO4. The molecule has 1 aliphatic rings. The molecule has 0 radical (unpaired) electrons. The molecule has 0 aromatic heterocycles. The molecule has 0 spiro atoms. The van der Waals surface area contributed by atoms with E-state index in [4.69, 9.17) is 21.4 Å². The fraction of sp³-hybridized carbons (Fsp3) is 0.429. The number of benzene rings is 1. The van der Waals surface area contributed by atoms with Gasteiger partial charge in [0.05, 0.1) is 25.6 Å². The third-order valence-electron chi connectivity index (χ3n) is 3.28. The Kier molecular flexibility index (Phi) is 5.14. The lowest BCUT2D eigenvalue weighted by atomic mass is 10.1. The molecule has 1 amide bonds. The van der Waals surface area contributed by atoms with Gasteiger partial charge in [-0.05, 0) is 12.1 Å². The van der Waals surface area contributed by atoms with Crippen molar-refractivity contribution in [3.63, 3.8) is 0 Å². The summed E-state index contributed by atoms with van der Waals surface area (Å²) in [6, 6.07) is 4.25. The van der Waals surface area contributed by atoms with E-state index in [1.54, 1.807) is 0 Å². The zero-order valence-electron chi connectivity index (χ0n) is 11.2. The molecule has 5 nitrogen and oxygen atoms in total. The van der Waals surface area contributed by atoms with Crippen molar-refractivity contribution in [2.45, 2.75) is 18.9 Å². The normalized spacial score (nSPS) is 18.6. The van der Waals surface area contributed by atoms with Gasteiger partial charge in [-0.25, -0.2) is 4.39 Å². The van der Waals surface area contributed by atoms with Gasteiger partial charge in [0.25, 0.3) is 0 Å². The van der Waals surface area contributed by atoms with Gasteiger partial charge in [0, 0.05) is 23.7 Å². The van der Waals surface area contributed by atoms with Crippen LogP contribution in [0.1, 0.15) is 12.0 Å². The smallest absolute Gasteiger partial charge is 0.306 e. The third kappa shape index (κ3) is 4.15. The van der Waals surface area contributed by atoms with Crippen LogP contribution in [0, 0.1) is 5.82 Å². The number of carbonyl (C=O) groups is 2. The Hall–Kier alpha value is -1.66. The van der Waals surface area contributed by atoms with Gasteiger partial charge >= 0.3 is 5.97 Å². The molecule has 1 atom stereocenters. The summed E-state index contributed by atoms with van der Waals surface area (Å²) in [5.74, 6) is -1.79. The predicted molar refractivity (Wildman–Crippen MR) is 73.7 cm³/mol. The quantitative estimate of drug-likeness (QED) is 0.919. The third-order valence-corrected chi connectivity index (χ3v) is 3.64. The van der Waals surface area contributed by atoms with Gasteiger partial charge in [-0.3, -0.25) is 9.59 Å². The summed E-state index contributed by atoms with van der Waals surface area (Å²) in [5, 5.41) is 8.96. The van der Waals surface area contributed by atoms with Crippen LogP contribution < -0.4 is 0 Å². The van der Waals surface area contributed by atoms with Crippen LogP contribution in [-0.4, -0.2) is 47.7 Å². The molecule has 7 heteroatoms. The monoisotopic (exact) mass is 315 g/mol. The second-order valence-corrected chi connectivity index (χ2v) is 5.21. The molecule has 114 valence electrons. The minimum Gasteiger partial charge on any atom is -0.481 e. The molecule has 0 unspecified atom stereocenters. The van der Waals surface area contributed by atoms with E-state index in [9.17, 15) is 14.0 Å². The largest absolute Gasteiger partial charge is 0.481 e. The topological polar surface area (TPSA) is 66.8 Å². The standard InChI is InChI=1S/C14H15ClFNO4/c15-11-2-1-3-12(16)10(11)7-13(18)17-4-5-21-9(8-17)6-14(19)20/h1-3,9H,4-8H2,(H,19,20)/t9-/m0/s1. The fourth-order valence-corrected chi connectivity index (χ4v) is 2.46. The number of halogens is 2. The number of hydrogen-bond acceptors (Lipinski definition) is 3. The summed E-state index contributed by atoms with van der Waals surface area (Å²) in [4.78, 5) is 24.4. The number of ether oxygens (including phenoxy) is 1. The maximum atomic E-state index is 13.7. The molecule has 0 bridgehead atoms. The van der Waals surface area contributed by atoms with Crippen LogP contribution in [0.2, 0.25) is 5.02 Å². The first-order valence-corrected chi connectivity index (χ1v) is 6.89. The number of carbonyl (C=O) groups excluding carboxylic acids is 1. The highest BCUT2D eigenvalue weighted by molar-refractivity contribution is 6.31. The number of morpholine rings is 1. The molecule has 1 saturated heterocycles. The molecule has 1 aromatic carbocycles. The fourth-order valence-electron chi connectivity index (χ4n) is 2.23. The number of carboxylic acid groups (broad SMARTS) is 1. The van der Waals surface area contributed by atoms with Crippen LogP contribution in [0.5, 0.6) is 0 Å². The second-order valence-electron chi connectivity index (χ2n) is 4.81. The Morgan fingerprint density at radius 1 is 1.48 bits per heavy atom. The Bertz CT molecular complexity index is 532. The van der Waals surface area contributed by atoms with Crippen LogP contribution in [0.15, 0.2) is 18.2 Å². The Morgan fingerprint density at radius 2 is 2.24 bits per heavy atom. The van der Waals surface area contributed by atoms with Gasteiger partial charge in [0.15, 0.2) is 0 Å². The van der Waals surface area contributed by atoms with Gasteiger partial charge in [-0.1, -0.05) is 17.7 Å². The summed E-state index contributed by atoms with van der Waals surface area (Å²) in [7, 11) is 0. The van der Waals surface area contributed by atoms with Gasteiger partial charge < -0.3 is 14.7 Å². The molecule has 21 heavy (non-hydrogen) atoms. The van der Waals surface area contributed by atoms with E-state index in [0.717, 1.165) is 0 Å². The molecule has 2 rings (SSSR count). The molecule has 1 heterocycles. The molecule has 1 fully saturated rings. The lowest BCUT2D eigenvalue weighted by Crippen LogP contribution is -2.46. The van der Waals surface area contributed by atoms with Crippen molar-refractivity contribution in [3.05, 3.63) is 34.6 Å². The van der Waals surface area contributed by atoms with Crippen molar-refractivity contribution in [2.75, 3.05) is 19.7 Å². The summed E-state index contributed by atoms with van der Waals surface area (Å²) in [5.41, 5.74) is 0.158. The van der Waals surface area contributed by atoms with E-state index in [1.165, 1.54) is 23.1 Å². The van der Waals surface area contributed by atoms with Gasteiger partial charge in [0.2, 0.25) is 5.91 Å². The summed E-state index contributed by atoms with van der Waals surface area (Å²) < 4.78 is 19.0. The summed E-state index contributed by atoms with van der Waals surface area (Å²) in [6.07, 6.45) is -0.841. The van der Waals surface area contributed by atoms with E-state index in [-0.39, 0.29) is 42.5 Å². The van der Waals surface area contributed by atoms with Crippen molar-refractivity contribution in [3.8, 4) is 0 Å². The first kappa shape index (κ1) is 15.7. The van der Waals surface area contributed by atoms with Crippen molar-refractivity contribution in [2.24, 2.45) is 0 Å². The molecular weight excluding hydrogens is 301 g/mol. The zero-order valence-corrected chi connectivity index (χ0v) is 12.0. The van der Waals surface area contributed by atoms with E-state index >= 15 is 0 Å². The lowest BCUT2D eigenvalue weighted by Gasteiger charge is -2.32. The molecule has 0 aliphatic carbocycles.